The lowest BCUT2D eigenvalue weighted by molar-refractivity contribution is -0.158. The van der Waals surface area contributed by atoms with Crippen LogP contribution in [0.25, 0.3) is 0 Å². The zero-order chi connectivity index (χ0) is 10.8. The van der Waals surface area contributed by atoms with Crippen molar-refractivity contribution in [1.29, 1.82) is 0 Å². The van der Waals surface area contributed by atoms with Gasteiger partial charge in [-0.1, -0.05) is 6.58 Å². The number of ether oxygens (including phenoxy) is 1. The normalized spacial score (nSPS) is 27.1. The quantitative estimate of drug-likeness (QED) is 0.501. The second-order valence-electron chi connectivity index (χ2n) is 4.19. The van der Waals surface area contributed by atoms with Crippen LogP contribution in [0.4, 0.5) is 0 Å². The van der Waals surface area contributed by atoms with Crippen LogP contribution in [0.15, 0.2) is 12.2 Å². The Hall–Kier alpha value is -1.12. The summed E-state index contributed by atoms with van der Waals surface area (Å²) in [5.74, 6) is -0.226. The standard InChI is InChI=1S/C11H16O3/c1-8(2)10(13)14-11(3)6-4-5-9(12)7-11/h1,4-7H2,2-3H3. The highest BCUT2D eigenvalue weighted by molar-refractivity contribution is 5.88. The van der Waals surface area contributed by atoms with Crippen molar-refractivity contribution in [3.63, 3.8) is 0 Å². The van der Waals surface area contributed by atoms with Crippen LogP contribution in [-0.4, -0.2) is 17.4 Å². The molecule has 3 nitrogen and oxygen atoms in total. The van der Waals surface area contributed by atoms with E-state index in [-0.39, 0.29) is 5.78 Å². The third-order valence-corrected chi connectivity index (χ3v) is 2.42. The van der Waals surface area contributed by atoms with E-state index < -0.39 is 11.6 Å². The molecular formula is C11H16O3. The minimum Gasteiger partial charge on any atom is -0.456 e. The van der Waals surface area contributed by atoms with Gasteiger partial charge in [0.1, 0.15) is 11.4 Å². The summed E-state index contributed by atoms with van der Waals surface area (Å²) in [5, 5.41) is 0. The van der Waals surface area contributed by atoms with Crippen LogP contribution in [0.3, 0.4) is 0 Å². The SMILES string of the molecule is C=C(C)C(=O)OC1(C)CCCC(=O)C1. The van der Waals surface area contributed by atoms with E-state index in [2.05, 4.69) is 6.58 Å². The molecule has 0 radical (unpaired) electrons. The van der Waals surface area contributed by atoms with Gasteiger partial charge < -0.3 is 4.74 Å². The van der Waals surface area contributed by atoms with E-state index in [0.717, 1.165) is 12.8 Å². The van der Waals surface area contributed by atoms with Gasteiger partial charge in [0.25, 0.3) is 0 Å². The molecule has 1 fully saturated rings. The van der Waals surface area contributed by atoms with Crippen molar-refractivity contribution in [2.75, 3.05) is 0 Å². The summed E-state index contributed by atoms with van der Waals surface area (Å²) in [7, 11) is 0. The fourth-order valence-corrected chi connectivity index (χ4v) is 1.65. The van der Waals surface area contributed by atoms with Crippen LogP contribution < -0.4 is 0 Å². The molecule has 0 aromatic heterocycles. The van der Waals surface area contributed by atoms with Gasteiger partial charge in [0.05, 0.1) is 0 Å². The third kappa shape index (κ3) is 2.69. The van der Waals surface area contributed by atoms with Gasteiger partial charge in [0, 0.05) is 18.4 Å². The Bertz CT molecular complexity index is 280. The maximum Gasteiger partial charge on any atom is 0.333 e. The van der Waals surface area contributed by atoms with E-state index in [1.54, 1.807) is 6.92 Å². The molecule has 0 aromatic carbocycles. The van der Waals surface area contributed by atoms with Gasteiger partial charge >= 0.3 is 5.97 Å². The summed E-state index contributed by atoms with van der Waals surface area (Å²) in [6.45, 7) is 6.93. The van der Waals surface area contributed by atoms with Crippen LogP contribution >= 0.6 is 0 Å². The fourth-order valence-electron chi connectivity index (χ4n) is 1.65. The molecule has 0 aromatic rings. The van der Waals surface area contributed by atoms with Crippen LogP contribution in [0.5, 0.6) is 0 Å². The molecule has 1 rings (SSSR count). The highest BCUT2D eigenvalue weighted by Gasteiger charge is 2.34. The van der Waals surface area contributed by atoms with Gasteiger partial charge in [0.2, 0.25) is 0 Å². The fraction of sp³-hybridized carbons (Fsp3) is 0.636. The first-order valence-corrected chi connectivity index (χ1v) is 4.83. The number of esters is 1. The van der Waals surface area contributed by atoms with E-state index in [9.17, 15) is 9.59 Å². The van der Waals surface area contributed by atoms with Gasteiger partial charge in [-0.05, 0) is 26.7 Å². The summed E-state index contributed by atoms with van der Waals surface area (Å²) in [6, 6.07) is 0. The van der Waals surface area contributed by atoms with Crippen molar-refractivity contribution < 1.29 is 14.3 Å². The third-order valence-electron chi connectivity index (χ3n) is 2.42. The highest BCUT2D eigenvalue weighted by atomic mass is 16.6. The molecule has 0 N–H and O–H groups in total. The lowest BCUT2D eigenvalue weighted by atomic mass is 9.85. The highest BCUT2D eigenvalue weighted by Crippen LogP contribution is 2.29. The molecule has 0 bridgehead atoms. The van der Waals surface area contributed by atoms with Crippen molar-refractivity contribution in [1.82, 2.24) is 0 Å². The molecule has 1 aliphatic carbocycles. The molecule has 1 unspecified atom stereocenters. The molecule has 78 valence electrons. The van der Waals surface area contributed by atoms with Crippen molar-refractivity contribution in [3.8, 4) is 0 Å². The van der Waals surface area contributed by atoms with Crippen molar-refractivity contribution in [2.24, 2.45) is 0 Å². The lowest BCUT2D eigenvalue weighted by Crippen LogP contribution is -2.37. The summed E-state index contributed by atoms with van der Waals surface area (Å²) >= 11 is 0. The van der Waals surface area contributed by atoms with Crippen LogP contribution in [0.2, 0.25) is 0 Å². The van der Waals surface area contributed by atoms with Gasteiger partial charge in [0.15, 0.2) is 0 Å². The van der Waals surface area contributed by atoms with E-state index in [1.807, 2.05) is 6.92 Å². The number of carbonyl (C=O) groups excluding carboxylic acids is 2. The molecule has 1 saturated carbocycles. The summed E-state index contributed by atoms with van der Waals surface area (Å²) < 4.78 is 5.25. The first-order chi connectivity index (χ1) is 6.43. The zero-order valence-corrected chi connectivity index (χ0v) is 8.76. The van der Waals surface area contributed by atoms with Crippen molar-refractivity contribution >= 4 is 11.8 Å². The molecule has 0 spiro atoms. The monoisotopic (exact) mass is 196 g/mol. The lowest BCUT2D eigenvalue weighted by Gasteiger charge is -2.32. The Balaban J connectivity index is 2.61. The molecule has 0 heterocycles. The summed E-state index contributed by atoms with van der Waals surface area (Å²) in [6.07, 6.45) is 2.52. The van der Waals surface area contributed by atoms with E-state index >= 15 is 0 Å². The molecule has 3 heteroatoms. The molecule has 1 atom stereocenters. The van der Waals surface area contributed by atoms with Crippen molar-refractivity contribution in [3.05, 3.63) is 12.2 Å². The Morgan fingerprint density at radius 1 is 1.57 bits per heavy atom. The van der Waals surface area contributed by atoms with Gasteiger partial charge in [-0.25, -0.2) is 4.79 Å². The Morgan fingerprint density at radius 2 is 2.21 bits per heavy atom. The maximum absolute atomic E-state index is 11.3. The van der Waals surface area contributed by atoms with Gasteiger partial charge in [-0.2, -0.15) is 0 Å². The van der Waals surface area contributed by atoms with Crippen molar-refractivity contribution in [2.45, 2.75) is 45.1 Å². The van der Waals surface area contributed by atoms with E-state index in [4.69, 9.17) is 4.74 Å². The van der Waals surface area contributed by atoms with E-state index in [1.165, 1.54) is 0 Å². The smallest absolute Gasteiger partial charge is 0.333 e. The Kier molecular flexibility index (Phi) is 3.09. The molecule has 0 aliphatic heterocycles. The molecule has 0 amide bonds. The average molecular weight is 196 g/mol. The first kappa shape index (κ1) is 11.0. The minimum atomic E-state index is -0.606. The van der Waals surface area contributed by atoms with Gasteiger partial charge in [-0.3, -0.25) is 4.79 Å². The number of carbonyl (C=O) groups is 2. The van der Waals surface area contributed by atoms with Crippen LogP contribution in [0.1, 0.15) is 39.5 Å². The van der Waals surface area contributed by atoms with Gasteiger partial charge in [-0.15, -0.1) is 0 Å². The minimum absolute atomic E-state index is 0.174. The largest absolute Gasteiger partial charge is 0.456 e. The average Bonchev–Trinajstić information content (AvgIpc) is 2.02. The zero-order valence-electron chi connectivity index (χ0n) is 8.76. The number of Topliss-reactive ketones (excluding diaryl/α,β-unsaturated/α-hetero) is 1. The molecule has 0 saturated heterocycles. The predicted molar refractivity (Wildman–Crippen MR) is 52.8 cm³/mol. The second kappa shape index (κ2) is 3.95. The number of rotatable bonds is 2. The Labute approximate surface area is 84.1 Å². The Morgan fingerprint density at radius 3 is 2.71 bits per heavy atom. The number of hydrogen-bond acceptors (Lipinski definition) is 3. The summed E-state index contributed by atoms with van der Waals surface area (Å²) in [4.78, 5) is 22.5. The first-order valence-electron chi connectivity index (χ1n) is 4.83. The topological polar surface area (TPSA) is 43.4 Å². The number of ketones is 1. The van der Waals surface area contributed by atoms with E-state index in [0.29, 0.717) is 18.4 Å². The molecular weight excluding hydrogens is 180 g/mol. The molecule has 1 aliphatic rings. The summed E-state index contributed by atoms with van der Waals surface area (Å²) in [5.41, 5.74) is -0.227. The second-order valence-corrected chi connectivity index (χ2v) is 4.19. The maximum atomic E-state index is 11.3. The predicted octanol–water partition coefficient (Wildman–Crippen LogP) is 2.01. The number of hydrogen-bond donors (Lipinski definition) is 0. The molecule has 14 heavy (non-hydrogen) atoms. The van der Waals surface area contributed by atoms with Crippen LogP contribution in [0, 0.1) is 0 Å². The van der Waals surface area contributed by atoms with Crippen LogP contribution in [-0.2, 0) is 14.3 Å².